The molecule has 1 aliphatic heterocycles. The maximum atomic E-state index is 13.5. The Morgan fingerprint density at radius 1 is 0.938 bits per heavy atom. The van der Waals surface area contributed by atoms with Crippen LogP contribution in [0.3, 0.4) is 0 Å². The standard InChI is InChI=1S/C26H26F2N2O2/c1-2-30(26(31)32-23-14-12-22(28)13-15-23)25-18-29(16-19-6-4-3-5-7-19)17-24(25)20-8-10-21(27)11-9-20/h3-15,24-25H,2,16-18H2,1H3/t24-,25+/m0/s1. The first-order chi connectivity index (χ1) is 15.5. The van der Waals surface area contributed by atoms with Crippen LogP contribution in [-0.4, -0.2) is 41.6 Å². The fraction of sp³-hybridized carbons (Fsp3) is 0.269. The molecule has 0 spiro atoms. The molecule has 0 saturated carbocycles. The second kappa shape index (κ2) is 9.92. The van der Waals surface area contributed by atoms with Crippen LogP contribution in [0.25, 0.3) is 0 Å². The number of ether oxygens (including phenoxy) is 1. The lowest BCUT2D eigenvalue weighted by Crippen LogP contribution is -2.45. The zero-order valence-electron chi connectivity index (χ0n) is 18.0. The topological polar surface area (TPSA) is 32.8 Å². The van der Waals surface area contributed by atoms with E-state index in [0.29, 0.717) is 18.8 Å². The van der Waals surface area contributed by atoms with Crippen LogP contribution in [0.4, 0.5) is 13.6 Å². The Hall–Kier alpha value is -3.25. The second-order valence-electron chi connectivity index (χ2n) is 8.01. The van der Waals surface area contributed by atoms with Gasteiger partial charge in [-0.15, -0.1) is 0 Å². The minimum Gasteiger partial charge on any atom is -0.410 e. The van der Waals surface area contributed by atoms with Gasteiger partial charge in [0.15, 0.2) is 0 Å². The number of amides is 1. The van der Waals surface area contributed by atoms with Gasteiger partial charge in [0.1, 0.15) is 17.4 Å². The lowest BCUT2D eigenvalue weighted by molar-refractivity contribution is 0.131. The summed E-state index contributed by atoms with van der Waals surface area (Å²) in [6, 6.07) is 21.9. The van der Waals surface area contributed by atoms with Crippen molar-refractivity contribution in [1.82, 2.24) is 9.80 Å². The highest BCUT2D eigenvalue weighted by Crippen LogP contribution is 2.33. The number of likely N-dealkylation sites (N-methyl/N-ethyl adjacent to an activating group) is 1. The smallest absolute Gasteiger partial charge is 0.410 e. The van der Waals surface area contributed by atoms with Gasteiger partial charge in [0, 0.05) is 32.1 Å². The van der Waals surface area contributed by atoms with E-state index in [1.807, 2.05) is 25.1 Å². The first-order valence-electron chi connectivity index (χ1n) is 10.8. The van der Waals surface area contributed by atoms with E-state index in [1.54, 1.807) is 17.0 Å². The Bertz CT molecular complexity index is 1030. The summed E-state index contributed by atoms with van der Waals surface area (Å²) in [5, 5.41) is 0. The Balaban J connectivity index is 1.56. The summed E-state index contributed by atoms with van der Waals surface area (Å²) in [6.45, 7) is 4.55. The van der Waals surface area contributed by atoms with Crippen LogP contribution in [0, 0.1) is 11.6 Å². The molecule has 4 nitrogen and oxygen atoms in total. The van der Waals surface area contributed by atoms with E-state index >= 15 is 0 Å². The third kappa shape index (κ3) is 5.14. The number of likely N-dealkylation sites (tertiary alicyclic amines) is 1. The number of rotatable bonds is 6. The van der Waals surface area contributed by atoms with E-state index in [0.717, 1.165) is 18.7 Å². The van der Waals surface area contributed by atoms with Crippen molar-refractivity contribution in [2.45, 2.75) is 25.4 Å². The number of carbonyl (C=O) groups is 1. The second-order valence-corrected chi connectivity index (χ2v) is 8.01. The molecule has 1 aliphatic rings. The van der Waals surface area contributed by atoms with Crippen molar-refractivity contribution in [1.29, 1.82) is 0 Å². The monoisotopic (exact) mass is 436 g/mol. The molecule has 1 amide bonds. The molecule has 0 unspecified atom stereocenters. The number of nitrogens with zero attached hydrogens (tertiary/aromatic N) is 2. The molecule has 1 saturated heterocycles. The van der Waals surface area contributed by atoms with E-state index in [9.17, 15) is 13.6 Å². The van der Waals surface area contributed by atoms with Crippen molar-refractivity contribution in [3.63, 3.8) is 0 Å². The van der Waals surface area contributed by atoms with Gasteiger partial charge in [-0.1, -0.05) is 42.5 Å². The minimum absolute atomic E-state index is 0.0139. The van der Waals surface area contributed by atoms with Gasteiger partial charge in [0.25, 0.3) is 0 Å². The van der Waals surface area contributed by atoms with Gasteiger partial charge in [-0.05, 0) is 54.4 Å². The number of hydrogen-bond acceptors (Lipinski definition) is 3. The SMILES string of the molecule is CCN(C(=O)Oc1ccc(F)cc1)[C@@H]1CN(Cc2ccccc2)C[C@H]1c1ccc(F)cc1. The van der Waals surface area contributed by atoms with Gasteiger partial charge in [-0.2, -0.15) is 0 Å². The normalized spacial score (nSPS) is 18.5. The van der Waals surface area contributed by atoms with E-state index in [1.165, 1.54) is 42.0 Å². The average Bonchev–Trinajstić information content (AvgIpc) is 3.20. The van der Waals surface area contributed by atoms with E-state index in [-0.39, 0.29) is 23.6 Å². The van der Waals surface area contributed by atoms with E-state index < -0.39 is 6.09 Å². The Labute approximate surface area is 187 Å². The molecule has 4 rings (SSSR count). The number of hydrogen-bond donors (Lipinski definition) is 0. The molecule has 32 heavy (non-hydrogen) atoms. The van der Waals surface area contributed by atoms with E-state index in [2.05, 4.69) is 17.0 Å². The molecule has 0 N–H and O–H groups in total. The third-order valence-electron chi connectivity index (χ3n) is 5.91. The molecule has 6 heteroatoms. The van der Waals surface area contributed by atoms with Gasteiger partial charge >= 0.3 is 6.09 Å². The van der Waals surface area contributed by atoms with Crippen LogP contribution in [0.5, 0.6) is 5.75 Å². The molecule has 166 valence electrons. The molecule has 0 aromatic heterocycles. The summed E-state index contributed by atoms with van der Waals surface area (Å²) in [6.07, 6.45) is -0.474. The van der Waals surface area contributed by atoms with E-state index in [4.69, 9.17) is 4.74 Å². The third-order valence-corrected chi connectivity index (χ3v) is 5.91. The lowest BCUT2D eigenvalue weighted by Gasteiger charge is -2.31. The number of carbonyl (C=O) groups excluding carboxylic acids is 1. The number of halogens is 2. The van der Waals surface area contributed by atoms with Crippen LogP contribution in [0.15, 0.2) is 78.9 Å². The number of benzene rings is 3. The predicted octanol–water partition coefficient (Wildman–Crippen LogP) is 5.45. The summed E-state index contributed by atoms with van der Waals surface area (Å²) in [5.41, 5.74) is 2.18. The highest BCUT2D eigenvalue weighted by Gasteiger charge is 2.39. The van der Waals surface area contributed by atoms with Gasteiger partial charge in [-0.3, -0.25) is 4.90 Å². The van der Waals surface area contributed by atoms with Crippen LogP contribution >= 0.6 is 0 Å². The fourth-order valence-electron chi connectivity index (χ4n) is 4.35. The molecule has 1 heterocycles. The van der Waals surface area contributed by atoms with Gasteiger partial charge in [0.2, 0.25) is 0 Å². The van der Waals surface area contributed by atoms with Crippen molar-refractivity contribution in [2.75, 3.05) is 19.6 Å². The molecular weight excluding hydrogens is 410 g/mol. The molecular formula is C26H26F2N2O2. The minimum atomic E-state index is -0.474. The Morgan fingerprint density at radius 2 is 1.56 bits per heavy atom. The van der Waals surface area contributed by atoms with Crippen LogP contribution in [-0.2, 0) is 6.54 Å². The summed E-state index contributed by atoms with van der Waals surface area (Å²) in [4.78, 5) is 17.1. The molecule has 2 atom stereocenters. The summed E-state index contributed by atoms with van der Waals surface area (Å²) < 4.78 is 32.3. The molecule has 3 aromatic carbocycles. The Kier molecular flexibility index (Phi) is 6.81. The van der Waals surface area contributed by atoms with Gasteiger partial charge in [-0.25, -0.2) is 13.6 Å². The average molecular weight is 437 g/mol. The first kappa shape index (κ1) is 22.0. The predicted molar refractivity (Wildman–Crippen MR) is 119 cm³/mol. The molecule has 0 bridgehead atoms. The Morgan fingerprint density at radius 3 is 2.19 bits per heavy atom. The van der Waals surface area contributed by atoms with Crippen molar-refractivity contribution in [3.8, 4) is 5.75 Å². The van der Waals surface area contributed by atoms with Crippen LogP contribution in [0.1, 0.15) is 24.0 Å². The van der Waals surface area contributed by atoms with Crippen LogP contribution < -0.4 is 4.74 Å². The zero-order chi connectivity index (χ0) is 22.5. The molecule has 3 aromatic rings. The van der Waals surface area contributed by atoms with Crippen molar-refractivity contribution < 1.29 is 18.3 Å². The maximum Gasteiger partial charge on any atom is 0.415 e. The fourth-order valence-corrected chi connectivity index (χ4v) is 4.35. The summed E-state index contributed by atoms with van der Waals surface area (Å²) in [5.74, 6) is -0.360. The van der Waals surface area contributed by atoms with Gasteiger partial charge in [0.05, 0.1) is 6.04 Å². The molecule has 0 radical (unpaired) electrons. The molecule has 0 aliphatic carbocycles. The summed E-state index contributed by atoms with van der Waals surface area (Å²) >= 11 is 0. The highest BCUT2D eigenvalue weighted by molar-refractivity contribution is 5.71. The lowest BCUT2D eigenvalue weighted by atomic mass is 9.93. The van der Waals surface area contributed by atoms with Gasteiger partial charge < -0.3 is 9.64 Å². The van der Waals surface area contributed by atoms with Crippen molar-refractivity contribution in [3.05, 3.63) is 102 Å². The zero-order valence-corrected chi connectivity index (χ0v) is 18.0. The molecule has 1 fully saturated rings. The maximum absolute atomic E-state index is 13.5. The quantitative estimate of drug-likeness (QED) is 0.515. The summed E-state index contributed by atoms with van der Waals surface area (Å²) in [7, 11) is 0. The van der Waals surface area contributed by atoms with Crippen molar-refractivity contribution >= 4 is 6.09 Å². The highest BCUT2D eigenvalue weighted by atomic mass is 19.1. The van der Waals surface area contributed by atoms with Crippen LogP contribution in [0.2, 0.25) is 0 Å². The largest absolute Gasteiger partial charge is 0.415 e. The van der Waals surface area contributed by atoms with Crippen molar-refractivity contribution in [2.24, 2.45) is 0 Å². The first-order valence-corrected chi connectivity index (χ1v) is 10.8.